The summed E-state index contributed by atoms with van der Waals surface area (Å²) in [5, 5.41) is 13.8. The van der Waals surface area contributed by atoms with Crippen molar-refractivity contribution in [3.8, 4) is 34.0 Å². The highest BCUT2D eigenvalue weighted by molar-refractivity contribution is 5.82. The molecule has 4 aromatic rings. The maximum absolute atomic E-state index is 12.6. The number of para-hydroxylation sites is 1. The summed E-state index contributed by atoms with van der Waals surface area (Å²) < 4.78 is 4.90. The topological polar surface area (TPSA) is 85.6 Å². The Morgan fingerprint density at radius 2 is 1.81 bits per heavy atom. The molecule has 1 aromatic carbocycles. The van der Waals surface area contributed by atoms with Gasteiger partial charge in [-0.3, -0.25) is 9.59 Å². The summed E-state index contributed by atoms with van der Waals surface area (Å²) in [5.41, 5.74) is 3.90. The molecule has 1 fully saturated rings. The predicted octanol–water partition coefficient (Wildman–Crippen LogP) is 3.27. The van der Waals surface area contributed by atoms with E-state index in [1.54, 1.807) is 53.0 Å². The van der Waals surface area contributed by atoms with Gasteiger partial charge >= 0.3 is 0 Å². The SMILES string of the molecule is Cn1cc(-c2cnn(-c3ccccc3C#N)c2)c(-c2ccn(C3CC3)c(=O)c2)cc1=O. The average molecular weight is 409 g/mol. The van der Waals surface area contributed by atoms with Crippen LogP contribution in [0.5, 0.6) is 0 Å². The van der Waals surface area contributed by atoms with Crippen LogP contribution in [0.15, 0.2) is 76.8 Å². The number of aryl methyl sites for hydroxylation is 1. The molecule has 1 aliphatic carbocycles. The van der Waals surface area contributed by atoms with Crippen LogP contribution < -0.4 is 11.1 Å². The summed E-state index contributed by atoms with van der Waals surface area (Å²) in [4.78, 5) is 25.0. The highest BCUT2D eigenvalue weighted by atomic mass is 16.1. The zero-order valence-electron chi connectivity index (χ0n) is 16.9. The summed E-state index contributed by atoms with van der Waals surface area (Å²) in [6.07, 6.45) is 9.14. The minimum absolute atomic E-state index is 0.0646. The van der Waals surface area contributed by atoms with Crippen molar-refractivity contribution in [2.75, 3.05) is 0 Å². The van der Waals surface area contributed by atoms with Gasteiger partial charge in [-0.25, -0.2) is 4.68 Å². The second-order valence-electron chi connectivity index (χ2n) is 7.74. The summed E-state index contributed by atoms with van der Waals surface area (Å²) in [5.74, 6) is 0. The summed E-state index contributed by atoms with van der Waals surface area (Å²) in [6.45, 7) is 0. The average Bonchev–Trinajstić information content (AvgIpc) is 3.51. The lowest BCUT2D eigenvalue weighted by atomic mass is 9.99. The molecule has 5 rings (SSSR count). The number of aromatic nitrogens is 4. The van der Waals surface area contributed by atoms with E-state index in [0.717, 1.165) is 24.0 Å². The summed E-state index contributed by atoms with van der Waals surface area (Å²) in [6, 6.07) is 14.7. The van der Waals surface area contributed by atoms with Gasteiger partial charge in [-0.05, 0) is 42.2 Å². The molecule has 0 N–H and O–H groups in total. The van der Waals surface area contributed by atoms with E-state index in [1.165, 1.54) is 4.57 Å². The van der Waals surface area contributed by atoms with Gasteiger partial charge in [0, 0.05) is 54.9 Å². The molecule has 1 saturated carbocycles. The Balaban J connectivity index is 1.64. The van der Waals surface area contributed by atoms with E-state index < -0.39 is 0 Å². The molecule has 0 spiro atoms. The normalized spacial score (nSPS) is 13.2. The number of hydrogen-bond acceptors (Lipinski definition) is 4. The van der Waals surface area contributed by atoms with Gasteiger partial charge < -0.3 is 9.13 Å². The van der Waals surface area contributed by atoms with Gasteiger partial charge in [0.15, 0.2) is 0 Å². The van der Waals surface area contributed by atoms with Crippen molar-refractivity contribution in [1.82, 2.24) is 18.9 Å². The lowest BCUT2D eigenvalue weighted by molar-refractivity contribution is 0.708. The molecule has 0 amide bonds. The predicted molar refractivity (Wildman–Crippen MR) is 117 cm³/mol. The Hall–Kier alpha value is -4.18. The maximum atomic E-state index is 12.6. The van der Waals surface area contributed by atoms with Crippen molar-refractivity contribution in [2.24, 2.45) is 7.05 Å². The molecular weight excluding hydrogens is 390 g/mol. The molecule has 0 radical (unpaired) electrons. The molecule has 0 saturated heterocycles. The van der Waals surface area contributed by atoms with E-state index in [1.807, 2.05) is 30.6 Å². The number of nitriles is 1. The third-order valence-corrected chi connectivity index (χ3v) is 5.59. The molecule has 0 atom stereocenters. The quantitative estimate of drug-likeness (QED) is 0.518. The van der Waals surface area contributed by atoms with Crippen molar-refractivity contribution < 1.29 is 0 Å². The largest absolute Gasteiger partial charge is 0.318 e. The third kappa shape index (κ3) is 3.38. The third-order valence-electron chi connectivity index (χ3n) is 5.59. The van der Waals surface area contributed by atoms with Crippen LogP contribution >= 0.6 is 0 Å². The highest BCUT2D eigenvalue weighted by Gasteiger charge is 2.24. The molecule has 1 aliphatic rings. The molecule has 3 heterocycles. The summed E-state index contributed by atoms with van der Waals surface area (Å²) in [7, 11) is 1.69. The lowest BCUT2D eigenvalue weighted by Crippen LogP contribution is -2.18. The smallest absolute Gasteiger partial charge is 0.251 e. The zero-order chi connectivity index (χ0) is 21.5. The fraction of sp³-hybridized carbons (Fsp3) is 0.167. The number of hydrogen-bond donors (Lipinski definition) is 0. The number of nitrogens with zero attached hydrogens (tertiary/aromatic N) is 5. The molecule has 0 aliphatic heterocycles. The van der Waals surface area contributed by atoms with Crippen LogP contribution in [0.4, 0.5) is 0 Å². The van der Waals surface area contributed by atoms with Crippen LogP contribution in [0.2, 0.25) is 0 Å². The van der Waals surface area contributed by atoms with Gasteiger partial charge in [-0.1, -0.05) is 12.1 Å². The Morgan fingerprint density at radius 1 is 1.00 bits per heavy atom. The van der Waals surface area contributed by atoms with E-state index in [4.69, 9.17) is 0 Å². The maximum Gasteiger partial charge on any atom is 0.251 e. The first-order valence-electron chi connectivity index (χ1n) is 10.0. The fourth-order valence-electron chi connectivity index (χ4n) is 3.77. The van der Waals surface area contributed by atoms with E-state index >= 15 is 0 Å². The van der Waals surface area contributed by atoms with Crippen molar-refractivity contribution in [2.45, 2.75) is 18.9 Å². The number of pyridine rings is 2. The monoisotopic (exact) mass is 409 g/mol. The van der Waals surface area contributed by atoms with Crippen LogP contribution in [0, 0.1) is 11.3 Å². The van der Waals surface area contributed by atoms with Gasteiger partial charge in [-0.2, -0.15) is 10.4 Å². The Morgan fingerprint density at radius 3 is 2.55 bits per heavy atom. The Labute approximate surface area is 178 Å². The standard InChI is InChI=1S/C24H19N5O2/c1-27-15-21(18-13-26-29(14-18)22-5-3-2-4-17(22)12-25)20(11-23(27)30)16-8-9-28(19-6-7-19)24(31)10-16/h2-5,8-11,13-15,19H,6-7H2,1H3. The van der Waals surface area contributed by atoms with Gasteiger partial charge in [0.05, 0.1) is 17.4 Å². The van der Waals surface area contributed by atoms with Gasteiger partial charge in [-0.15, -0.1) is 0 Å². The molecule has 152 valence electrons. The lowest BCUT2D eigenvalue weighted by Gasteiger charge is -2.11. The minimum atomic E-state index is -0.160. The summed E-state index contributed by atoms with van der Waals surface area (Å²) >= 11 is 0. The van der Waals surface area contributed by atoms with Gasteiger partial charge in [0.2, 0.25) is 0 Å². The molecule has 31 heavy (non-hydrogen) atoms. The molecular formula is C24H19N5O2. The van der Waals surface area contributed by atoms with E-state index in [2.05, 4.69) is 11.2 Å². The van der Waals surface area contributed by atoms with Gasteiger partial charge in [0.25, 0.3) is 11.1 Å². The van der Waals surface area contributed by atoms with Crippen LogP contribution in [0.1, 0.15) is 24.4 Å². The van der Waals surface area contributed by atoms with Crippen LogP contribution in [-0.4, -0.2) is 18.9 Å². The number of rotatable bonds is 4. The molecule has 0 unspecified atom stereocenters. The number of benzene rings is 1. The van der Waals surface area contributed by atoms with Crippen LogP contribution in [-0.2, 0) is 7.05 Å². The minimum Gasteiger partial charge on any atom is -0.318 e. The van der Waals surface area contributed by atoms with Crippen molar-refractivity contribution in [3.05, 3.63) is 93.5 Å². The highest BCUT2D eigenvalue weighted by Crippen LogP contribution is 2.35. The first kappa shape index (κ1) is 18.8. The fourth-order valence-corrected chi connectivity index (χ4v) is 3.77. The van der Waals surface area contributed by atoms with Crippen LogP contribution in [0.25, 0.3) is 27.9 Å². The van der Waals surface area contributed by atoms with Crippen LogP contribution in [0.3, 0.4) is 0 Å². The zero-order valence-corrected chi connectivity index (χ0v) is 16.9. The van der Waals surface area contributed by atoms with E-state index in [0.29, 0.717) is 28.4 Å². The van der Waals surface area contributed by atoms with Gasteiger partial charge in [0.1, 0.15) is 6.07 Å². The Bertz CT molecular complexity index is 1460. The van der Waals surface area contributed by atoms with Crippen molar-refractivity contribution in [3.63, 3.8) is 0 Å². The first-order valence-corrected chi connectivity index (χ1v) is 10.0. The second-order valence-corrected chi connectivity index (χ2v) is 7.74. The van der Waals surface area contributed by atoms with Crippen molar-refractivity contribution >= 4 is 0 Å². The second kappa shape index (κ2) is 7.26. The Kier molecular flexibility index (Phi) is 4.41. The molecule has 7 heteroatoms. The van der Waals surface area contributed by atoms with Crippen molar-refractivity contribution in [1.29, 1.82) is 5.26 Å². The van der Waals surface area contributed by atoms with E-state index in [-0.39, 0.29) is 11.1 Å². The molecule has 0 bridgehead atoms. The molecule has 7 nitrogen and oxygen atoms in total. The molecule has 3 aromatic heterocycles. The first-order chi connectivity index (χ1) is 15.0. The van der Waals surface area contributed by atoms with E-state index in [9.17, 15) is 14.9 Å².